The van der Waals surface area contributed by atoms with Crippen LogP contribution in [0.1, 0.15) is 45.9 Å². The third-order valence-electron chi connectivity index (χ3n) is 6.27. The summed E-state index contributed by atoms with van der Waals surface area (Å²) in [4.78, 5) is 11.5. The normalized spacial score (nSPS) is 18.2. The second-order valence-electron chi connectivity index (χ2n) is 8.24. The molecule has 0 radical (unpaired) electrons. The van der Waals surface area contributed by atoms with Crippen molar-refractivity contribution in [1.82, 2.24) is 19.9 Å². The molecule has 162 valence electrons. The summed E-state index contributed by atoms with van der Waals surface area (Å²) in [5, 5.41) is 7.27. The number of rotatable bonds is 4. The number of anilines is 1. The summed E-state index contributed by atoms with van der Waals surface area (Å²) in [5.41, 5.74) is 8.14. The van der Waals surface area contributed by atoms with Crippen molar-refractivity contribution in [3.05, 3.63) is 94.0 Å². The zero-order chi connectivity index (χ0) is 22.4. The van der Waals surface area contributed by atoms with Crippen LogP contribution >= 0.6 is 23.6 Å². The third kappa shape index (κ3) is 3.42. The number of aromatic nitrogens is 3. The molecule has 0 amide bonds. The molecule has 1 N–H and O–H groups in total. The average molecular weight is 460 g/mol. The Morgan fingerprint density at radius 1 is 0.969 bits per heavy atom. The summed E-state index contributed by atoms with van der Waals surface area (Å²) in [5.74, 6) is 0. The zero-order valence-electron chi connectivity index (χ0n) is 18.5. The van der Waals surface area contributed by atoms with Crippen molar-refractivity contribution in [2.75, 3.05) is 4.90 Å². The summed E-state index contributed by atoms with van der Waals surface area (Å²) in [6.45, 7) is 8.58. The summed E-state index contributed by atoms with van der Waals surface area (Å²) in [6.07, 6.45) is 3.69. The van der Waals surface area contributed by atoms with E-state index in [2.05, 4.69) is 82.8 Å². The van der Waals surface area contributed by atoms with Crippen molar-refractivity contribution >= 4 is 34.4 Å². The Labute approximate surface area is 197 Å². The van der Waals surface area contributed by atoms with Gasteiger partial charge < -0.3 is 10.2 Å². The van der Waals surface area contributed by atoms with Crippen LogP contribution in [-0.4, -0.2) is 19.6 Å². The average Bonchev–Trinajstić information content (AvgIpc) is 3.49. The minimum Gasteiger partial charge on any atom is -0.351 e. The van der Waals surface area contributed by atoms with Crippen LogP contribution in [0.3, 0.4) is 0 Å². The lowest BCUT2D eigenvalue weighted by molar-refractivity contribution is 0.565. The van der Waals surface area contributed by atoms with E-state index in [1.807, 2.05) is 29.9 Å². The van der Waals surface area contributed by atoms with Gasteiger partial charge in [-0.05, 0) is 86.9 Å². The lowest BCUT2D eigenvalue weighted by atomic mass is 9.96. The largest absolute Gasteiger partial charge is 0.351 e. The van der Waals surface area contributed by atoms with Gasteiger partial charge in [-0.1, -0.05) is 12.1 Å². The van der Waals surface area contributed by atoms with Gasteiger partial charge in [0.05, 0.1) is 17.8 Å². The highest BCUT2D eigenvalue weighted by molar-refractivity contribution is 7.80. The molecule has 7 heteroatoms. The second kappa shape index (κ2) is 8.15. The van der Waals surface area contributed by atoms with Gasteiger partial charge in [-0.15, -0.1) is 11.3 Å². The van der Waals surface area contributed by atoms with Gasteiger partial charge in [-0.2, -0.15) is 0 Å². The highest BCUT2D eigenvalue weighted by Crippen LogP contribution is 2.44. The van der Waals surface area contributed by atoms with Gasteiger partial charge in [0.2, 0.25) is 0 Å². The fraction of sp³-hybridized carbons (Fsp3) is 0.240. The van der Waals surface area contributed by atoms with Crippen LogP contribution in [0.15, 0.2) is 60.2 Å². The molecule has 1 aromatic carbocycles. The maximum atomic E-state index is 5.89. The Balaban J connectivity index is 1.69. The van der Waals surface area contributed by atoms with E-state index in [1.54, 1.807) is 11.3 Å². The van der Waals surface area contributed by atoms with Crippen molar-refractivity contribution < 1.29 is 0 Å². The molecule has 0 saturated carbocycles. The van der Waals surface area contributed by atoms with Crippen molar-refractivity contribution in [3.63, 3.8) is 0 Å². The number of aryl methyl sites for hydroxylation is 3. The van der Waals surface area contributed by atoms with Crippen molar-refractivity contribution in [2.45, 2.75) is 39.8 Å². The zero-order valence-corrected chi connectivity index (χ0v) is 20.2. The molecule has 4 aromatic rings. The molecular weight excluding hydrogens is 434 g/mol. The monoisotopic (exact) mass is 459 g/mol. The molecule has 1 saturated heterocycles. The van der Waals surface area contributed by atoms with E-state index < -0.39 is 0 Å². The molecule has 1 fully saturated rings. The number of thiocarbonyl (C=S) groups is 1. The van der Waals surface area contributed by atoms with E-state index in [0.29, 0.717) is 5.11 Å². The number of benzene rings is 1. The van der Waals surface area contributed by atoms with Gasteiger partial charge in [0.15, 0.2) is 10.2 Å². The fourth-order valence-electron chi connectivity index (χ4n) is 4.53. The van der Waals surface area contributed by atoms with Gasteiger partial charge in [-0.25, -0.2) is 4.98 Å². The molecule has 3 aromatic heterocycles. The van der Waals surface area contributed by atoms with Crippen LogP contribution in [0.4, 0.5) is 5.69 Å². The molecule has 5 rings (SSSR count). The van der Waals surface area contributed by atoms with E-state index in [1.165, 1.54) is 22.4 Å². The highest BCUT2D eigenvalue weighted by Gasteiger charge is 2.42. The number of thiazole rings is 1. The second-order valence-corrected chi connectivity index (χ2v) is 9.50. The van der Waals surface area contributed by atoms with E-state index in [-0.39, 0.29) is 12.1 Å². The number of nitrogens with zero attached hydrogens (tertiary/aromatic N) is 4. The van der Waals surface area contributed by atoms with Gasteiger partial charge >= 0.3 is 0 Å². The predicted octanol–water partition coefficient (Wildman–Crippen LogP) is 5.74. The van der Waals surface area contributed by atoms with Gasteiger partial charge in [0, 0.05) is 34.8 Å². The molecule has 0 bridgehead atoms. The highest BCUT2D eigenvalue weighted by atomic mass is 32.1. The van der Waals surface area contributed by atoms with Crippen molar-refractivity contribution in [3.8, 4) is 5.13 Å². The first kappa shape index (κ1) is 20.8. The van der Waals surface area contributed by atoms with Crippen LogP contribution in [0, 0.1) is 27.7 Å². The molecule has 1 aliphatic heterocycles. The van der Waals surface area contributed by atoms with Crippen LogP contribution in [0.25, 0.3) is 5.13 Å². The molecule has 0 aliphatic carbocycles. The Kier molecular flexibility index (Phi) is 5.31. The Morgan fingerprint density at radius 2 is 1.81 bits per heavy atom. The lowest BCUT2D eigenvalue weighted by Crippen LogP contribution is -2.29. The molecule has 5 nitrogen and oxygen atoms in total. The van der Waals surface area contributed by atoms with Gasteiger partial charge in [0.1, 0.15) is 0 Å². The molecule has 1 aliphatic rings. The van der Waals surface area contributed by atoms with E-state index >= 15 is 0 Å². The van der Waals surface area contributed by atoms with Crippen LogP contribution in [0.5, 0.6) is 0 Å². The first-order valence-electron chi connectivity index (χ1n) is 10.6. The summed E-state index contributed by atoms with van der Waals surface area (Å²) >= 11 is 7.53. The van der Waals surface area contributed by atoms with Crippen molar-refractivity contribution in [2.24, 2.45) is 0 Å². The Hall–Kier alpha value is -3.03. The number of nitrogens with one attached hydrogen (secondary N) is 1. The third-order valence-corrected chi connectivity index (χ3v) is 7.34. The molecule has 32 heavy (non-hydrogen) atoms. The number of hydrogen-bond acceptors (Lipinski definition) is 4. The van der Waals surface area contributed by atoms with Crippen molar-refractivity contribution in [1.29, 1.82) is 0 Å². The number of pyridine rings is 1. The van der Waals surface area contributed by atoms with E-state index in [9.17, 15) is 0 Å². The smallest absolute Gasteiger partial charge is 0.193 e. The lowest BCUT2D eigenvalue weighted by Gasteiger charge is -2.28. The summed E-state index contributed by atoms with van der Waals surface area (Å²) < 4.78 is 2.23. The maximum absolute atomic E-state index is 5.89. The molecule has 0 spiro atoms. The van der Waals surface area contributed by atoms with Gasteiger partial charge in [-0.3, -0.25) is 9.55 Å². The SMILES string of the molecule is Cc1ccc(N2C(=S)N[C@H](c3ccccn3)[C@H]2c2cc(C)n(-c3nccs3)c2C)cc1C. The Morgan fingerprint density at radius 3 is 2.50 bits per heavy atom. The standard InChI is InChI=1S/C25H25N5S2/c1-15-8-9-19(13-16(15)2)30-23(22(28-24(30)31)21-7-5-6-10-26-21)20-14-17(3)29(18(20)4)25-27-11-12-32-25/h5-14,22-23H,1-4H3,(H,28,31)/t22-,23-/m1/s1. The Bertz CT molecular complexity index is 1280. The topological polar surface area (TPSA) is 46.0 Å². The molecule has 4 heterocycles. The number of hydrogen-bond donors (Lipinski definition) is 1. The summed E-state index contributed by atoms with van der Waals surface area (Å²) in [7, 11) is 0. The molecule has 0 unspecified atom stereocenters. The van der Waals surface area contributed by atoms with Crippen LogP contribution in [0.2, 0.25) is 0 Å². The first-order chi connectivity index (χ1) is 15.5. The minimum atomic E-state index is -0.0597. The van der Waals surface area contributed by atoms with Crippen LogP contribution < -0.4 is 10.2 Å². The van der Waals surface area contributed by atoms with Gasteiger partial charge in [0.25, 0.3) is 0 Å². The predicted molar refractivity (Wildman–Crippen MR) is 135 cm³/mol. The fourth-order valence-corrected chi connectivity index (χ4v) is 5.63. The molecular formula is C25H25N5S2. The van der Waals surface area contributed by atoms with E-state index in [4.69, 9.17) is 12.2 Å². The first-order valence-corrected chi connectivity index (χ1v) is 11.9. The minimum absolute atomic E-state index is 0.0283. The van der Waals surface area contributed by atoms with E-state index in [0.717, 1.165) is 22.2 Å². The quantitative estimate of drug-likeness (QED) is 0.394. The molecule has 2 atom stereocenters. The summed E-state index contributed by atoms with van der Waals surface area (Å²) in [6, 6.07) is 14.8. The maximum Gasteiger partial charge on any atom is 0.193 e. The van der Waals surface area contributed by atoms with Crippen LogP contribution in [-0.2, 0) is 0 Å².